The average Bonchev–Trinajstić information content (AvgIpc) is 2.86. The van der Waals surface area contributed by atoms with Crippen molar-refractivity contribution < 1.29 is 23.6 Å². The number of hydrogen-bond acceptors (Lipinski definition) is 6. The number of rotatable bonds is 5. The first-order valence-electron chi connectivity index (χ1n) is 6.48. The van der Waals surface area contributed by atoms with Gasteiger partial charge in [-0.25, -0.2) is 4.79 Å². The highest BCUT2D eigenvalue weighted by Crippen LogP contribution is 2.29. The molecule has 0 unspecified atom stereocenters. The molecule has 2 rings (SSSR count). The van der Waals surface area contributed by atoms with Crippen LogP contribution in [0.2, 0.25) is 0 Å². The summed E-state index contributed by atoms with van der Waals surface area (Å²) in [6.07, 6.45) is 0. The van der Waals surface area contributed by atoms with Gasteiger partial charge >= 0.3 is 11.7 Å². The van der Waals surface area contributed by atoms with Crippen molar-refractivity contribution in [2.24, 2.45) is 0 Å². The molecule has 0 saturated carbocycles. The Morgan fingerprint density at radius 1 is 1.32 bits per heavy atom. The van der Waals surface area contributed by atoms with Gasteiger partial charge in [-0.05, 0) is 31.5 Å². The molecule has 0 spiro atoms. The van der Waals surface area contributed by atoms with Crippen LogP contribution in [0.25, 0.3) is 0 Å². The molecule has 0 bridgehead atoms. The molecule has 1 heterocycles. The minimum absolute atomic E-state index is 0.0261. The van der Waals surface area contributed by atoms with E-state index in [9.17, 15) is 14.9 Å². The molecule has 0 amide bonds. The number of carbonyl (C=O) groups excluding carboxylic acids is 1. The van der Waals surface area contributed by atoms with Crippen LogP contribution in [-0.2, 0) is 11.3 Å². The Hall–Kier alpha value is -2.83. The summed E-state index contributed by atoms with van der Waals surface area (Å²) in [5.41, 5.74) is 0.955. The monoisotopic (exact) mass is 305 g/mol. The van der Waals surface area contributed by atoms with Crippen LogP contribution in [0.4, 0.5) is 5.69 Å². The van der Waals surface area contributed by atoms with E-state index in [1.807, 2.05) is 0 Å². The van der Waals surface area contributed by atoms with Gasteiger partial charge < -0.3 is 13.9 Å². The van der Waals surface area contributed by atoms with Gasteiger partial charge in [-0.3, -0.25) is 10.1 Å². The van der Waals surface area contributed by atoms with Crippen molar-refractivity contribution in [3.8, 4) is 5.75 Å². The second-order valence-corrected chi connectivity index (χ2v) is 4.69. The van der Waals surface area contributed by atoms with Crippen molar-refractivity contribution in [1.29, 1.82) is 0 Å². The lowest BCUT2D eigenvalue weighted by molar-refractivity contribution is -0.386. The van der Waals surface area contributed by atoms with Gasteiger partial charge in [0, 0.05) is 6.07 Å². The van der Waals surface area contributed by atoms with Crippen molar-refractivity contribution in [2.45, 2.75) is 20.5 Å². The van der Waals surface area contributed by atoms with E-state index in [-0.39, 0.29) is 18.0 Å². The number of methoxy groups -OCH3 is 1. The molecule has 116 valence electrons. The molecular weight excluding hydrogens is 290 g/mol. The van der Waals surface area contributed by atoms with E-state index >= 15 is 0 Å². The Labute approximate surface area is 126 Å². The van der Waals surface area contributed by atoms with Crippen LogP contribution < -0.4 is 4.74 Å². The van der Waals surface area contributed by atoms with Crippen LogP contribution in [0.5, 0.6) is 5.75 Å². The molecule has 7 heteroatoms. The summed E-state index contributed by atoms with van der Waals surface area (Å²) in [6, 6.07) is 6.18. The standard InChI is InChI=1S/C15H15NO6/c1-9-4-5-14(13(6-9)16(18)19)21-8-11-7-12(10(2)22-11)15(17)20-3/h4-7H,8H2,1-3H3. The van der Waals surface area contributed by atoms with Crippen molar-refractivity contribution in [3.05, 3.63) is 57.0 Å². The molecule has 22 heavy (non-hydrogen) atoms. The quantitative estimate of drug-likeness (QED) is 0.478. The van der Waals surface area contributed by atoms with Crippen molar-refractivity contribution in [1.82, 2.24) is 0 Å². The molecule has 2 aromatic rings. The maximum Gasteiger partial charge on any atom is 0.341 e. The third-order valence-corrected chi connectivity index (χ3v) is 3.06. The summed E-state index contributed by atoms with van der Waals surface area (Å²) in [5.74, 6) is 0.426. The Morgan fingerprint density at radius 3 is 2.68 bits per heavy atom. The molecule has 0 fully saturated rings. The van der Waals surface area contributed by atoms with Crippen molar-refractivity contribution >= 4 is 11.7 Å². The number of furan rings is 1. The zero-order chi connectivity index (χ0) is 16.3. The highest BCUT2D eigenvalue weighted by Gasteiger charge is 2.18. The third-order valence-electron chi connectivity index (χ3n) is 3.06. The van der Waals surface area contributed by atoms with Crippen LogP contribution in [-0.4, -0.2) is 18.0 Å². The zero-order valence-corrected chi connectivity index (χ0v) is 12.4. The first-order valence-corrected chi connectivity index (χ1v) is 6.48. The van der Waals surface area contributed by atoms with Gasteiger partial charge in [0.1, 0.15) is 23.7 Å². The number of benzene rings is 1. The summed E-state index contributed by atoms with van der Waals surface area (Å²) < 4.78 is 15.4. The first kappa shape index (κ1) is 15.6. The fourth-order valence-corrected chi connectivity index (χ4v) is 1.97. The number of ether oxygens (including phenoxy) is 2. The Balaban J connectivity index is 2.17. The predicted octanol–water partition coefficient (Wildman–Crippen LogP) is 3.17. The van der Waals surface area contributed by atoms with E-state index in [1.165, 1.54) is 25.3 Å². The molecule has 0 saturated heterocycles. The summed E-state index contributed by atoms with van der Waals surface area (Å²) >= 11 is 0. The molecule has 0 aliphatic rings. The van der Waals surface area contributed by atoms with Gasteiger partial charge in [-0.1, -0.05) is 6.07 Å². The van der Waals surface area contributed by atoms with E-state index in [2.05, 4.69) is 4.74 Å². The molecule has 0 aliphatic heterocycles. The third kappa shape index (κ3) is 3.25. The van der Waals surface area contributed by atoms with E-state index < -0.39 is 10.9 Å². The van der Waals surface area contributed by atoms with Gasteiger partial charge in [-0.15, -0.1) is 0 Å². The van der Waals surface area contributed by atoms with Crippen LogP contribution in [0, 0.1) is 24.0 Å². The average molecular weight is 305 g/mol. The predicted molar refractivity (Wildman–Crippen MR) is 76.9 cm³/mol. The van der Waals surface area contributed by atoms with E-state index in [0.717, 1.165) is 5.56 Å². The lowest BCUT2D eigenvalue weighted by Gasteiger charge is -2.05. The molecule has 1 aromatic heterocycles. The Kier molecular flexibility index (Phi) is 4.45. The minimum atomic E-state index is -0.506. The molecule has 0 N–H and O–H groups in total. The van der Waals surface area contributed by atoms with E-state index in [4.69, 9.17) is 9.15 Å². The van der Waals surface area contributed by atoms with Crippen molar-refractivity contribution in [3.63, 3.8) is 0 Å². The second kappa shape index (κ2) is 6.30. The van der Waals surface area contributed by atoms with Crippen LogP contribution in [0.3, 0.4) is 0 Å². The lowest BCUT2D eigenvalue weighted by atomic mass is 10.2. The fourth-order valence-electron chi connectivity index (χ4n) is 1.97. The molecule has 0 aliphatic carbocycles. The van der Waals surface area contributed by atoms with E-state index in [1.54, 1.807) is 19.9 Å². The molecule has 1 aromatic carbocycles. The number of hydrogen-bond donors (Lipinski definition) is 0. The van der Waals surface area contributed by atoms with Gasteiger partial charge in [0.2, 0.25) is 0 Å². The normalized spacial score (nSPS) is 10.3. The number of nitro groups is 1. The zero-order valence-electron chi connectivity index (χ0n) is 12.4. The van der Waals surface area contributed by atoms with E-state index in [0.29, 0.717) is 17.1 Å². The van der Waals surface area contributed by atoms with Crippen molar-refractivity contribution in [2.75, 3.05) is 7.11 Å². The first-order chi connectivity index (χ1) is 10.4. The summed E-state index contributed by atoms with van der Waals surface area (Å²) in [4.78, 5) is 22.0. The Morgan fingerprint density at radius 2 is 2.05 bits per heavy atom. The number of esters is 1. The topological polar surface area (TPSA) is 91.8 Å². The number of aryl methyl sites for hydroxylation is 2. The summed E-state index contributed by atoms with van der Waals surface area (Å²) in [6.45, 7) is 3.36. The van der Waals surface area contributed by atoms with Crippen LogP contribution >= 0.6 is 0 Å². The molecule has 0 radical (unpaired) electrons. The van der Waals surface area contributed by atoms with Crippen LogP contribution in [0.1, 0.15) is 27.4 Å². The number of nitro benzene ring substituents is 1. The molecule has 0 atom stereocenters. The highest BCUT2D eigenvalue weighted by atomic mass is 16.6. The lowest BCUT2D eigenvalue weighted by Crippen LogP contribution is -2.01. The summed E-state index contributed by atoms with van der Waals surface area (Å²) in [5, 5.41) is 11.0. The van der Waals surface area contributed by atoms with Gasteiger partial charge in [0.25, 0.3) is 0 Å². The SMILES string of the molecule is COC(=O)c1cc(COc2ccc(C)cc2[N+](=O)[O-])oc1C. The largest absolute Gasteiger partial charge is 0.479 e. The maximum absolute atomic E-state index is 11.5. The maximum atomic E-state index is 11.5. The second-order valence-electron chi connectivity index (χ2n) is 4.69. The summed E-state index contributed by atoms with van der Waals surface area (Å²) in [7, 11) is 1.28. The number of nitrogens with zero attached hydrogens (tertiary/aromatic N) is 1. The Bertz CT molecular complexity index is 719. The minimum Gasteiger partial charge on any atom is -0.479 e. The van der Waals surface area contributed by atoms with Crippen LogP contribution in [0.15, 0.2) is 28.7 Å². The smallest absolute Gasteiger partial charge is 0.341 e. The number of carbonyl (C=O) groups is 1. The fraction of sp³-hybridized carbons (Fsp3) is 0.267. The molecule has 7 nitrogen and oxygen atoms in total. The van der Waals surface area contributed by atoms with Gasteiger partial charge in [-0.2, -0.15) is 0 Å². The highest BCUT2D eigenvalue weighted by molar-refractivity contribution is 5.90. The van der Waals surface area contributed by atoms with Gasteiger partial charge in [0.15, 0.2) is 5.75 Å². The molecular formula is C15H15NO6. The van der Waals surface area contributed by atoms with Gasteiger partial charge in [0.05, 0.1) is 12.0 Å².